The van der Waals surface area contributed by atoms with Gasteiger partial charge >= 0.3 is 5.97 Å². The Morgan fingerprint density at radius 3 is 2.89 bits per heavy atom. The molecule has 0 spiro atoms. The predicted molar refractivity (Wildman–Crippen MR) is 66.6 cm³/mol. The minimum Gasteiger partial charge on any atom is -0.478 e. The lowest BCUT2D eigenvalue weighted by Crippen LogP contribution is -2.37. The van der Waals surface area contributed by atoms with E-state index < -0.39 is 23.0 Å². The van der Waals surface area contributed by atoms with Gasteiger partial charge in [-0.3, -0.25) is 0 Å². The zero-order valence-electron chi connectivity index (χ0n) is 10.1. The van der Waals surface area contributed by atoms with E-state index in [1.54, 1.807) is 0 Å². The Morgan fingerprint density at radius 1 is 1.58 bits per heavy atom. The molecular formula is C12H15FN2O4. The summed E-state index contributed by atoms with van der Waals surface area (Å²) in [6.45, 7) is 0.832. The van der Waals surface area contributed by atoms with Gasteiger partial charge in [-0.15, -0.1) is 0 Å². The molecule has 0 radical (unpaired) electrons. The van der Waals surface area contributed by atoms with Crippen molar-refractivity contribution in [3.63, 3.8) is 0 Å². The summed E-state index contributed by atoms with van der Waals surface area (Å²) in [6.07, 6.45) is 0.482. The number of aliphatic hydroxyl groups is 1. The van der Waals surface area contributed by atoms with Crippen molar-refractivity contribution in [2.24, 2.45) is 0 Å². The zero-order chi connectivity index (χ0) is 14.0. The first-order valence-corrected chi connectivity index (χ1v) is 5.78. The smallest absolute Gasteiger partial charge is 0.338 e. The molecular weight excluding hydrogens is 255 g/mol. The molecule has 6 nitrogen and oxygen atoms in total. The van der Waals surface area contributed by atoms with Crippen LogP contribution in [0.3, 0.4) is 0 Å². The number of nitrogens with two attached hydrogens (primary N) is 1. The molecule has 2 rings (SSSR count). The van der Waals surface area contributed by atoms with Gasteiger partial charge in [0.2, 0.25) is 0 Å². The molecule has 1 aliphatic rings. The van der Waals surface area contributed by atoms with Crippen LogP contribution in [0.4, 0.5) is 15.8 Å². The highest BCUT2D eigenvalue weighted by atomic mass is 19.1. The summed E-state index contributed by atoms with van der Waals surface area (Å²) >= 11 is 0. The molecule has 1 fully saturated rings. The van der Waals surface area contributed by atoms with Gasteiger partial charge in [0.15, 0.2) is 0 Å². The highest BCUT2D eigenvalue weighted by Crippen LogP contribution is 2.25. The minimum atomic E-state index is -1.38. The summed E-state index contributed by atoms with van der Waals surface area (Å²) in [5.41, 5.74) is 4.53. The molecule has 5 N–H and O–H groups in total. The van der Waals surface area contributed by atoms with Gasteiger partial charge in [0, 0.05) is 19.6 Å². The van der Waals surface area contributed by atoms with E-state index in [4.69, 9.17) is 15.6 Å². The van der Waals surface area contributed by atoms with Gasteiger partial charge in [0.05, 0.1) is 23.5 Å². The monoisotopic (exact) mass is 270 g/mol. The molecule has 1 saturated heterocycles. The molecule has 1 heterocycles. The average molecular weight is 270 g/mol. The Balaban J connectivity index is 2.13. The number of hydrogen-bond donors (Lipinski definition) is 4. The van der Waals surface area contributed by atoms with Crippen LogP contribution in [0.1, 0.15) is 16.8 Å². The molecule has 1 aliphatic heterocycles. The van der Waals surface area contributed by atoms with Crippen LogP contribution in [-0.2, 0) is 4.74 Å². The first-order chi connectivity index (χ1) is 8.91. The number of halogens is 1. The number of anilines is 2. The maximum atomic E-state index is 13.5. The topological polar surface area (TPSA) is 105 Å². The number of carboxylic acids is 1. The number of carbonyl (C=O) groups is 1. The van der Waals surface area contributed by atoms with Crippen molar-refractivity contribution in [1.29, 1.82) is 0 Å². The Kier molecular flexibility index (Phi) is 3.59. The van der Waals surface area contributed by atoms with Gasteiger partial charge in [0.1, 0.15) is 11.4 Å². The second kappa shape index (κ2) is 5.02. The number of nitrogens with one attached hydrogen (secondary N) is 1. The summed E-state index contributed by atoms with van der Waals surface area (Å²) in [7, 11) is 0. The van der Waals surface area contributed by atoms with Gasteiger partial charge < -0.3 is 26.0 Å². The summed E-state index contributed by atoms with van der Waals surface area (Å²) in [5.74, 6) is -2.25. The number of aromatic carboxylic acids is 1. The summed E-state index contributed by atoms with van der Waals surface area (Å²) in [4.78, 5) is 10.7. The van der Waals surface area contributed by atoms with Crippen molar-refractivity contribution in [2.45, 2.75) is 12.0 Å². The fraction of sp³-hybridized carbons (Fsp3) is 0.417. The molecule has 1 unspecified atom stereocenters. The van der Waals surface area contributed by atoms with Crippen LogP contribution in [-0.4, -0.2) is 41.5 Å². The number of nitrogen functional groups attached to an aromatic ring is 1. The van der Waals surface area contributed by atoms with Crippen molar-refractivity contribution in [1.82, 2.24) is 0 Å². The largest absolute Gasteiger partial charge is 0.478 e. The van der Waals surface area contributed by atoms with Gasteiger partial charge in [0.25, 0.3) is 0 Å². The molecule has 7 heteroatoms. The van der Waals surface area contributed by atoms with Crippen LogP contribution in [0, 0.1) is 5.82 Å². The van der Waals surface area contributed by atoms with Gasteiger partial charge in [-0.05, 0) is 12.1 Å². The molecule has 0 aromatic heterocycles. The third-order valence-electron chi connectivity index (χ3n) is 3.06. The Labute approximate surface area is 109 Å². The van der Waals surface area contributed by atoms with Crippen molar-refractivity contribution in [2.75, 3.05) is 30.8 Å². The van der Waals surface area contributed by atoms with Crippen LogP contribution in [0.5, 0.6) is 0 Å². The van der Waals surface area contributed by atoms with Crippen molar-refractivity contribution in [3.8, 4) is 0 Å². The number of carboxylic acid groups (broad SMARTS) is 1. The van der Waals surface area contributed by atoms with Crippen LogP contribution in [0.2, 0.25) is 0 Å². The quantitative estimate of drug-likeness (QED) is 0.599. The number of rotatable bonds is 4. The maximum absolute atomic E-state index is 13.5. The standard InChI is InChI=1S/C12H15FN2O4/c13-8-4-10(9(14)3-7(8)11(16)17)15-5-12(18)1-2-19-6-12/h3-4,15,18H,1-2,5-6,14H2,(H,16,17). The molecule has 1 atom stereocenters. The second-order valence-electron chi connectivity index (χ2n) is 4.60. The molecule has 0 bridgehead atoms. The molecule has 1 aromatic carbocycles. The zero-order valence-corrected chi connectivity index (χ0v) is 10.1. The predicted octanol–water partition coefficient (Wildman–Crippen LogP) is 0.669. The summed E-state index contributed by atoms with van der Waals surface area (Å²) in [6, 6.07) is 2.06. The average Bonchev–Trinajstić information content (AvgIpc) is 2.77. The second-order valence-corrected chi connectivity index (χ2v) is 4.60. The highest BCUT2D eigenvalue weighted by molar-refractivity contribution is 5.90. The molecule has 0 aliphatic carbocycles. The third-order valence-corrected chi connectivity index (χ3v) is 3.06. The Morgan fingerprint density at radius 2 is 2.32 bits per heavy atom. The highest BCUT2D eigenvalue weighted by Gasteiger charge is 2.32. The van der Waals surface area contributed by atoms with Crippen LogP contribution in [0.15, 0.2) is 12.1 Å². The third kappa shape index (κ3) is 2.94. The van der Waals surface area contributed by atoms with E-state index >= 15 is 0 Å². The first-order valence-electron chi connectivity index (χ1n) is 5.78. The minimum absolute atomic E-state index is 0.112. The lowest BCUT2D eigenvalue weighted by Gasteiger charge is -2.22. The fourth-order valence-electron chi connectivity index (χ4n) is 1.90. The summed E-state index contributed by atoms with van der Waals surface area (Å²) in [5, 5.41) is 21.6. The van der Waals surface area contributed by atoms with Crippen LogP contribution >= 0.6 is 0 Å². The Bertz CT molecular complexity index is 501. The first kappa shape index (κ1) is 13.6. The number of benzene rings is 1. The van der Waals surface area contributed by atoms with E-state index in [0.717, 1.165) is 12.1 Å². The lowest BCUT2D eigenvalue weighted by atomic mass is 10.0. The fourth-order valence-corrected chi connectivity index (χ4v) is 1.90. The van der Waals surface area contributed by atoms with Crippen molar-refractivity contribution >= 4 is 17.3 Å². The molecule has 1 aromatic rings. The maximum Gasteiger partial charge on any atom is 0.338 e. The molecule has 104 valence electrons. The van der Waals surface area contributed by atoms with Crippen LogP contribution in [0.25, 0.3) is 0 Å². The SMILES string of the molecule is Nc1cc(C(=O)O)c(F)cc1NCC1(O)CCOC1. The lowest BCUT2D eigenvalue weighted by molar-refractivity contribution is 0.0382. The molecule has 0 amide bonds. The van der Waals surface area contributed by atoms with E-state index in [-0.39, 0.29) is 24.5 Å². The van der Waals surface area contributed by atoms with Gasteiger partial charge in [-0.2, -0.15) is 0 Å². The van der Waals surface area contributed by atoms with Crippen molar-refractivity contribution in [3.05, 3.63) is 23.5 Å². The van der Waals surface area contributed by atoms with E-state index in [1.807, 2.05) is 0 Å². The van der Waals surface area contributed by atoms with E-state index in [0.29, 0.717) is 13.0 Å². The van der Waals surface area contributed by atoms with Crippen molar-refractivity contribution < 1.29 is 24.1 Å². The number of hydrogen-bond acceptors (Lipinski definition) is 5. The van der Waals surface area contributed by atoms with Gasteiger partial charge in [-0.1, -0.05) is 0 Å². The molecule has 0 saturated carbocycles. The summed E-state index contributed by atoms with van der Waals surface area (Å²) < 4.78 is 18.6. The van der Waals surface area contributed by atoms with E-state index in [2.05, 4.69) is 5.32 Å². The number of ether oxygens (including phenoxy) is 1. The molecule has 19 heavy (non-hydrogen) atoms. The van der Waals surface area contributed by atoms with Crippen LogP contribution < -0.4 is 11.1 Å². The van der Waals surface area contributed by atoms with E-state index in [1.165, 1.54) is 0 Å². The normalized spacial score (nSPS) is 22.4. The van der Waals surface area contributed by atoms with E-state index in [9.17, 15) is 14.3 Å². The van der Waals surface area contributed by atoms with Gasteiger partial charge in [-0.25, -0.2) is 9.18 Å². The Hall–Kier alpha value is -1.86.